The topological polar surface area (TPSA) is 72.6 Å². The average molecular weight is 202 g/mol. The normalized spacial score (nSPS) is 31.1. The first-order valence-electron chi connectivity index (χ1n) is 4.04. The summed E-state index contributed by atoms with van der Waals surface area (Å²) >= 11 is 1.68. The van der Waals surface area contributed by atoms with E-state index >= 15 is 0 Å². The number of nitrogens with zero attached hydrogens (tertiary/aromatic N) is 1. The van der Waals surface area contributed by atoms with E-state index in [1.165, 1.54) is 0 Å². The first kappa shape index (κ1) is 8.68. The molecule has 2 saturated heterocycles. The van der Waals surface area contributed by atoms with Crippen molar-refractivity contribution in [3.8, 4) is 0 Å². The molecule has 0 bridgehead atoms. The molecule has 0 saturated carbocycles. The number of amides is 2. The van der Waals surface area contributed by atoms with E-state index in [1.54, 1.807) is 16.7 Å². The van der Waals surface area contributed by atoms with Crippen LogP contribution in [-0.4, -0.2) is 40.7 Å². The molecule has 2 aliphatic heterocycles. The van der Waals surface area contributed by atoms with Crippen molar-refractivity contribution in [2.75, 3.05) is 13.2 Å². The largest absolute Gasteiger partial charge is 0.448 e. The molecule has 6 heteroatoms. The summed E-state index contributed by atoms with van der Waals surface area (Å²) in [6.07, 6.45) is -0.126. The molecule has 2 atom stereocenters. The summed E-state index contributed by atoms with van der Waals surface area (Å²) < 4.78 is 4.67. The van der Waals surface area contributed by atoms with Gasteiger partial charge in [-0.15, -0.1) is 11.8 Å². The molecule has 72 valence electrons. The van der Waals surface area contributed by atoms with Crippen molar-refractivity contribution < 1.29 is 14.3 Å². The molecule has 2 amide bonds. The van der Waals surface area contributed by atoms with Gasteiger partial charge in [-0.1, -0.05) is 0 Å². The van der Waals surface area contributed by atoms with Crippen LogP contribution in [0.5, 0.6) is 0 Å². The van der Waals surface area contributed by atoms with Crippen molar-refractivity contribution >= 4 is 23.8 Å². The molecule has 2 heterocycles. The van der Waals surface area contributed by atoms with Crippen LogP contribution in [0.25, 0.3) is 0 Å². The molecule has 0 aromatic carbocycles. The van der Waals surface area contributed by atoms with E-state index in [-0.39, 0.29) is 11.2 Å². The van der Waals surface area contributed by atoms with Crippen molar-refractivity contribution in [2.45, 2.75) is 17.0 Å². The third kappa shape index (κ3) is 1.58. The molecule has 0 radical (unpaired) electrons. The van der Waals surface area contributed by atoms with Gasteiger partial charge in [0, 0.05) is 6.54 Å². The average Bonchev–Trinajstić information content (AvgIpc) is 2.39. The molecule has 2 N–H and O–H groups in total. The number of nitrogens with two attached hydrogens (primary N) is 1. The Labute approximate surface area is 79.6 Å². The quantitative estimate of drug-likeness (QED) is 0.627. The van der Waals surface area contributed by atoms with Crippen molar-refractivity contribution in [2.24, 2.45) is 5.73 Å². The van der Waals surface area contributed by atoms with Crippen LogP contribution < -0.4 is 5.73 Å². The predicted octanol–water partition coefficient (Wildman–Crippen LogP) is -0.244. The highest BCUT2D eigenvalue weighted by molar-refractivity contribution is 8.00. The Hall–Kier alpha value is -0.910. The fourth-order valence-corrected chi connectivity index (χ4v) is 2.94. The van der Waals surface area contributed by atoms with Gasteiger partial charge in [-0.05, 0) is 0 Å². The van der Waals surface area contributed by atoms with Gasteiger partial charge in [-0.3, -0.25) is 4.79 Å². The van der Waals surface area contributed by atoms with Crippen LogP contribution in [-0.2, 0) is 9.53 Å². The summed E-state index contributed by atoms with van der Waals surface area (Å²) in [4.78, 5) is 23.1. The molecule has 0 aliphatic carbocycles. The van der Waals surface area contributed by atoms with Gasteiger partial charge in [-0.2, -0.15) is 0 Å². The first-order chi connectivity index (χ1) is 6.16. The maximum absolute atomic E-state index is 11.0. The van der Waals surface area contributed by atoms with Crippen molar-refractivity contribution in [3.63, 3.8) is 0 Å². The molecule has 0 aromatic rings. The smallest absolute Gasteiger partial charge is 0.404 e. The Morgan fingerprint density at radius 3 is 3.08 bits per heavy atom. The van der Waals surface area contributed by atoms with Gasteiger partial charge < -0.3 is 15.4 Å². The van der Waals surface area contributed by atoms with Gasteiger partial charge in [0.1, 0.15) is 6.61 Å². The number of primary amides is 1. The molecule has 2 aliphatic rings. The summed E-state index contributed by atoms with van der Waals surface area (Å²) in [6.45, 7) is 0.988. The van der Waals surface area contributed by atoms with E-state index in [4.69, 9.17) is 5.73 Å². The van der Waals surface area contributed by atoms with E-state index in [9.17, 15) is 9.59 Å². The predicted molar refractivity (Wildman–Crippen MR) is 47.0 cm³/mol. The van der Waals surface area contributed by atoms with E-state index in [1.807, 2.05) is 0 Å². The van der Waals surface area contributed by atoms with Gasteiger partial charge in [0.05, 0.1) is 17.0 Å². The van der Waals surface area contributed by atoms with Crippen molar-refractivity contribution in [3.05, 3.63) is 0 Å². The van der Waals surface area contributed by atoms with Crippen LogP contribution in [0.1, 0.15) is 6.42 Å². The summed E-state index contributed by atoms with van der Waals surface area (Å²) in [6, 6.07) is 0. The third-order valence-corrected chi connectivity index (χ3v) is 3.58. The maximum Gasteiger partial charge on any atom is 0.404 e. The number of thioether (sulfide) groups is 1. The number of hydrogen-bond acceptors (Lipinski definition) is 4. The Bertz CT molecular complexity index is 258. The second-order valence-electron chi connectivity index (χ2n) is 3.09. The van der Waals surface area contributed by atoms with Crippen LogP contribution in [0.3, 0.4) is 0 Å². The van der Waals surface area contributed by atoms with Crippen molar-refractivity contribution in [1.29, 1.82) is 0 Å². The zero-order chi connectivity index (χ0) is 9.42. The van der Waals surface area contributed by atoms with Gasteiger partial charge in [0.15, 0.2) is 0 Å². The minimum Gasteiger partial charge on any atom is -0.448 e. The lowest BCUT2D eigenvalue weighted by Crippen LogP contribution is -2.47. The van der Waals surface area contributed by atoms with Gasteiger partial charge >= 0.3 is 6.09 Å². The lowest BCUT2D eigenvalue weighted by atomic mass is 10.2. The second kappa shape index (κ2) is 3.10. The summed E-state index contributed by atoms with van der Waals surface area (Å²) in [5.41, 5.74) is 4.83. The van der Waals surface area contributed by atoms with Crippen LogP contribution in [0.4, 0.5) is 4.79 Å². The minimum absolute atomic E-state index is 0.194. The number of carbonyl (C=O) groups excluding carboxylic acids is 2. The standard InChI is InChI=1S/C7H10N2O3S/c8-7(11)12-3-4-2-9-5(10)1-6(9)13-4/h4,6H,1-3H2,(H2,8,11). The highest BCUT2D eigenvalue weighted by Gasteiger charge is 2.44. The SMILES string of the molecule is NC(=O)OCC1CN2C(=O)CC2S1. The third-order valence-electron chi connectivity index (χ3n) is 2.18. The molecule has 2 fully saturated rings. The highest BCUT2D eigenvalue weighted by atomic mass is 32.2. The number of hydrogen-bond donors (Lipinski definition) is 1. The molecule has 0 spiro atoms. The molecule has 2 rings (SSSR count). The van der Waals surface area contributed by atoms with Crippen LogP contribution in [0.2, 0.25) is 0 Å². The summed E-state index contributed by atoms with van der Waals surface area (Å²) in [5.74, 6) is 0.194. The number of fused-ring (bicyclic) bond motifs is 1. The monoisotopic (exact) mass is 202 g/mol. The zero-order valence-electron chi connectivity index (χ0n) is 6.93. The molecular weight excluding hydrogens is 192 g/mol. The van der Waals surface area contributed by atoms with Gasteiger partial charge in [0.25, 0.3) is 0 Å². The summed E-state index contributed by atoms with van der Waals surface area (Å²) in [7, 11) is 0. The van der Waals surface area contributed by atoms with E-state index < -0.39 is 6.09 Å². The van der Waals surface area contributed by atoms with Gasteiger partial charge in [0.2, 0.25) is 5.91 Å². The van der Waals surface area contributed by atoms with Crippen LogP contribution in [0.15, 0.2) is 0 Å². The Balaban J connectivity index is 1.78. The second-order valence-corrected chi connectivity index (χ2v) is 4.58. The zero-order valence-corrected chi connectivity index (χ0v) is 7.75. The lowest BCUT2D eigenvalue weighted by molar-refractivity contribution is -0.140. The number of β-lactam (4-membered cyclic amide) rings is 1. The Morgan fingerprint density at radius 2 is 2.54 bits per heavy atom. The number of rotatable bonds is 2. The minimum atomic E-state index is -0.749. The molecular formula is C7H10N2O3S. The Morgan fingerprint density at radius 1 is 1.77 bits per heavy atom. The lowest BCUT2D eigenvalue weighted by Gasteiger charge is -2.32. The van der Waals surface area contributed by atoms with Gasteiger partial charge in [-0.25, -0.2) is 4.79 Å². The Kier molecular flexibility index (Phi) is 2.07. The van der Waals surface area contributed by atoms with E-state index in [2.05, 4.69) is 4.74 Å². The highest BCUT2D eigenvalue weighted by Crippen LogP contribution is 2.39. The van der Waals surface area contributed by atoms with E-state index in [0.717, 1.165) is 0 Å². The fourth-order valence-electron chi connectivity index (χ4n) is 1.52. The number of ether oxygens (including phenoxy) is 1. The molecule has 13 heavy (non-hydrogen) atoms. The van der Waals surface area contributed by atoms with Crippen LogP contribution >= 0.6 is 11.8 Å². The summed E-state index contributed by atoms with van der Waals surface area (Å²) in [5, 5.41) is 0.512. The van der Waals surface area contributed by atoms with Crippen molar-refractivity contribution in [1.82, 2.24) is 4.90 Å². The van der Waals surface area contributed by atoms with Crippen LogP contribution in [0, 0.1) is 0 Å². The first-order valence-corrected chi connectivity index (χ1v) is 4.98. The fraction of sp³-hybridized carbons (Fsp3) is 0.714. The van der Waals surface area contributed by atoms with E-state index in [0.29, 0.717) is 24.9 Å². The number of carbonyl (C=O) groups is 2. The molecule has 2 unspecified atom stereocenters. The molecule has 0 aromatic heterocycles. The maximum atomic E-state index is 11.0. The molecule has 5 nitrogen and oxygen atoms in total.